The van der Waals surface area contributed by atoms with E-state index in [2.05, 4.69) is 14.7 Å². The Kier molecular flexibility index (Phi) is 16.0. The molecule has 0 radical (unpaired) electrons. The van der Waals surface area contributed by atoms with Crippen molar-refractivity contribution in [2.45, 2.75) is 86.2 Å². The molecule has 4 rings (SSSR count). The Balaban J connectivity index is 0.000000331. The van der Waals surface area contributed by atoms with E-state index in [1.54, 1.807) is 6.20 Å². The lowest BCUT2D eigenvalue weighted by molar-refractivity contribution is -0.197. The van der Waals surface area contributed by atoms with Crippen LogP contribution in [0.4, 0.5) is 0 Å². The van der Waals surface area contributed by atoms with Crippen LogP contribution < -0.4 is 0 Å². The first-order valence-corrected chi connectivity index (χ1v) is 21.0. The fraction of sp³-hybridized carbons (Fsp3) is 0.500. The molecule has 2 atom stereocenters. The van der Waals surface area contributed by atoms with Gasteiger partial charge < -0.3 is 14.5 Å². The third-order valence-electron chi connectivity index (χ3n) is 7.11. The molecule has 3 aliphatic rings. The maximum Gasteiger partial charge on any atom is 0.334 e. The number of rotatable bonds is 17. The number of hydroxylamine groups is 6. The van der Waals surface area contributed by atoms with E-state index in [4.69, 9.17) is 13.9 Å². The van der Waals surface area contributed by atoms with Crippen LogP contribution in [0, 0.1) is 0 Å². The summed E-state index contributed by atoms with van der Waals surface area (Å²) in [5.74, 6) is -7.95. The third kappa shape index (κ3) is 13.1. The number of nitrogens with zero attached hydrogens (tertiary/aromatic N) is 4. The maximum absolute atomic E-state index is 11.8. The van der Waals surface area contributed by atoms with E-state index >= 15 is 0 Å². The van der Waals surface area contributed by atoms with Gasteiger partial charge in [0.25, 0.3) is 55.7 Å². The van der Waals surface area contributed by atoms with Crippen molar-refractivity contribution in [2.24, 2.45) is 0 Å². The molecule has 0 aliphatic carbocycles. The fourth-order valence-electron chi connectivity index (χ4n) is 4.44. The van der Waals surface area contributed by atoms with Crippen LogP contribution in [0.2, 0.25) is 0 Å². The molecular weight excluding hydrogens is 809 g/mol. The summed E-state index contributed by atoms with van der Waals surface area (Å²) in [4.78, 5) is 122. The number of amides is 6. The molecule has 3 aliphatic heterocycles. The Bertz CT molecular complexity index is 1770. The molecule has 54 heavy (non-hydrogen) atoms. The zero-order valence-corrected chi connectivity index (χ0v) is 31.1. The van der Waals surface area contributed by atoms with Crippen LogP contribution >= 0.6 is 21.6 Å². The molecule has 296 valence electrons. The van der Waals surface area contributed by atoms with Crippen molar-refractivity contribution in [3.8, 4) is 0 Å². The number of carbonyl (C=O) groups excluding carboxylic acids is 9. The lowest BCUT2D eigenvalue weighted by Gasteiger charge is -2.13. The molecule has 6 amide bonds. The van der Waals surface area contributed by atoms with Crippen LogP contribution in [0.3, 0.4) is 0 Å². The normalized spacial score (nSPS) is 18.9. The van der Waals surface area contributed by atoms with Crippen molar-refractivity contribution in [3.63, 3.8) is 0 Å². The summed E-state index contributed by atoms with van der Waals surface area (Å²) in [7, 11) is -6.74. The van der Waals surface area contributed by atoms with Gasteiger partial charge in [-0.15, -0.1) is 15.2 Å². The molecule has 2 unspecified atom stereocenters. The van der Waals surface area contributed by atoms with Crippen LogP contribution in [0.1, 0.15) is 70.6 Å². The third-order valence-corrected chi connectivity index (χ3v) is 11.6. The molecule has 0 bridgehead atoms. The van der Waals surface area contributed by atoms with E-state index in [1.807, 2.05) is 18.2 Å². The highest BCUT2D eigenvalue weighted by Gasteiger charge is 2.49. The minimum absolute atomic E-state index is 0.00962. The van der Waals surface area contributed by atoms with Gasteiger partial charge in [-0.3, -0.25) is 37.9 Å². The highest BCUT2D eigenvalue weighted by atomic mass is 33.1. The van der Waals surface area contributed by atoms with Crippen LogP contribution in [0.25, 0.3) is 0 Å². The highest BCUT2D eigenvalue weighted by molar-refractivity contribution is 8.76. The Morgan fingerprint density at radius 1 is 0.667 bits per heavy atom. The first-order chi connectivity index (χ1) is 25.3. The standard InChI is InChI=1S/C16H20N2O14S2.C12H12N2O4S2/c19-11-7-9(33(25,26)27)15(23)17(11)31-13(21)5-3-1-2-4-6-14(22)32-18-12(20)8-10(16(18)24)34(28,29)30;15-10-4-5-11(16)14(10)18-12(17)6-8-19-20-9-3-1-2-7-13-9/h9-10H,1-8H2,(H,25,26,27)(H,28,29,30);1-3,7H,4-6,8H2. The topological polar surface area (TPSA) is 313 Å². The van der Waals surface area contributed by atoms with E-state index in [9.17, 15) is 60.0 Å². The molecule has 0 spiro atoms. The van der Waals surface area contributed by atoms with Gasteiger partial charge in [-0.05, 0) is 35.8 Å². The summed E-state index contributed by atoms with van der Waals surface area (Å²) in [5, 5.41) is -2.65. The molecule has 4 heterocycles. The van der Waals surface area contributed by atoms with Crippen molar-refractivity contribution >= 4 is 95.2 Å². The predicted molar refractivity (Wildman–Crippen MR) is 178 cm³/mol. The SMILES string of the molecule is O=C(CCCCCCC(=O)ON1C(=O)CC(S(=O)(=O)O)C1=O)ON1C(=O)CC(S(=O)(=O)O)C1=O.O=C(CCSSc1ccccn1)ON1C(=O)CCC1=O. The van der Waals surface area contributed by atoms with Crippen molar-refractivity contribution in [1.29, 1.82) is 0 Å². The zero-order chi connectivity index (χ0) is 40.2. The lowest BCUT2D eigenvalue weighted by atomic mass is 10.1. The Morgan fingerprint density at radius 3 is 1.52 bits per heavy atom. The molecule has 0 saturated carbocycles. The van der Waals surface area contributed by atoms with Crippen molar-refractivity contribution < 1.29 is 83.6 Å². The second-order valence-electron chi connectivity index (χ2n) is 11.2. The predicted octanol–water partition coefficient (Wildman–Crippen LogP) is 0.0932. The van der Waals surface area contributed by atoms with Crippen molar-refractivity contribution in [2.75, 3.05) is 5.75 Å². The van der Waals surface area contributed by atoms with Crippen LogP contribution in [0.5, 0.6) is 0 Å². The maximum atomic E-state index is 11.8. The first-order valence-electron chi connectivity index (χ1n) is 15.6. The second-order valence-corrected chi connectivity index (χ2v) is 16.8. The van der Waals surface area contributed by atoms with Gasteiger partial charge >= 0.3 is 17.9 Å². The minimum atomic E-state index is -4.83. The fourth-order valence-corrected chi connectivity index (χ4v) is 7.70. The Hall–Kier alpha value is -4.50. The average Bonchev–Trinajstić information content (AvgIpc) is 3.68. The quantitative estimate of drug-likeness (QED) is 0.0909. The van der Waals surface area contributed by atoms with Gasteiger partial charge in [0.1, 0.15) is 5.03 Å². The molecule has 1 aromatic rings. The molecule has 22 nitrogen and oxygen atoms in total. The number of aromatic nitrogens is 1. The molecule has 0 aromatic carbocycles. The number of hydrogen-bond acceptors (Lipinski definition) is 19. The van der Waals surface area contributed by atoms with E-state index in [-0.39, 0.29) is 55.1 Å². The summed E-state index contributed by atoms with van der Waals surface area (Å²) in [6.07, 6.45) is 0.941. The Morgan fingerprint density at radius 2 is 1.11 bits per heavy atom. The largest absolute Gasteiger partial charge is 0.334 e. The smallest absolute Gasteiger partial charge is 0.330 e. The number of pyridine rings is 1. The average molecular weight is 841 g/mol. The number of carbonyl (C=O) groups is 9. The van der Waals surface area contributed by atoms with E-state index < -0.39 is 96.9 Å². The van der Waals surface area contributed by atoms with Crippen LogP contribution in [-0.4, -0.2) is 116 Å². The van der Waals surface area contributed by atoms with Crippen LogP contribution in [0.15, 0.2) is 29.4 Å². The van der Waals surface area contributed by atoms with Gasteiger partial charge in [-0.2, -0.15) is 16.8 Å². The number of unbranched alkanes of at least 4 members (excludes halogenated alkanes) is 3. The summed E-state index contributed by atoms with van der Waals surface area (Å²) >= 11 is 0. The van der Waals surface area contributed by atoms with Gasteiger partial charge in [0.05, 0.1) is 19.3 Å². The van der Waals surface area contributed by atoms with E-state index in [0.29, 0.717) is 23.7 Å². The highest BCUT2D eigenvalue weighted by Crippen LogP contribution is 2.29. The minimum Gasteiger partial charge on any atom is -0.330 e. The van der Waals surface area contributed by atoms with Gasteiger partial charge in [0.15, 0.2) is 10.5 Å². The van der Waals surface area contributed by atoms with Crippen molar-refractivity contribution in [3.05, 3.63) is 24.4 Å². The molecule has 3 fully saturated rings. The summed E-state index contributed by atoms with van der Waals surface area (Å²) in [6, 6.07) is 5.59. The van der Waals surface area contributed by atoms with Crippen LogP contribution in [-0.2, 0) is 77.9 Å². The van der Waals surface area contributed by atoms with Gasteiger partial charge in [-0.1, -0.05) is 29.7 Å². The lowest BCUT2D eigenvalue weighted by Crippen LogP contribution is -2.36. The molecule has 2 N–H and O–H groups in total. The summed E-state index contributed by atoms with van der Waals surface area (Å²) < 4.78 is 61.9. The van der Waals surface area contributed by atoms with E-state index in [0.717, 1.165) is 5.03 Å². The summed E-state index contributed by atoms with van der Waals surface area (Å²) in [6.45, 7) is 0. The zero-order valence-electron chi connectivity index (χ0n) is 27.8. The second kappa shape index (κ2) is 19.7. The number of hydrogen-bond donors (Lipinski definition) is 2. The van der Waals surface area contributed by atoms with Gasteiger partial charge in [0.2, 0.25) is 0 Å². The number of imide groups is 3. The van der Waals surface area contributed by atoms with Gasteiger partial charge in [-0.25, -0.2) is 19.4 Å². The summed E-state index contributed by atoms with van der Waals surface area (Å²) in [5.41, 5.74) is 0. The Labute approximate surface area is 314 Å². The van der Waals surface area contributed by atoms with Crippen molar-refractivity contribution in [1.82, 2.24) is 20.2 Å². The van der Waals surface area contributed by atoms with E-state index in [1.165, 1.54) is 21.6 Å². The molecule has 1 aromatic heterocycles. The first kappa shape index (κ1) is 43.9. The molecular formula is C28H32N4O18S4. The van der Waals surface area contributed by atoms with Gasteiger partial charge in [0, 0.05) is 37.6 Å². The molecule has 3 saturated heterocycles. The monoisotopic (exact) mass is 840 g/mol. The molecule has 26 heteroatoms.